The number of carbonyl (C=O) groups excluding carboxylic acids is 2. The van der Waals surface area contributed by atoms with Gasteiger partial charge in [-0.15, -0.1) is 0 Å². The first-order chi connectivity index (χ1) is 45.8. The van der Waals surface area contributed by atoms with Gasteiger partial charge in [-0.3, -0.25) is 9.59 Å². The van der Waals surface area contributed by atoms with Crippen LogP contribution in [0.2, 0.25) is 0 Å². The average Bonchev–Trinajstić information content (AvgIpc) is 1.48. The highest BCUT2D eigenvalue weighted by Crippen LogP contribution is 2.80. The van der Waals surface area contributed by atoms with E-state index >= 15 is 0 Å². The Kier molecular flexibility index (Phi) is 18.5. The van der Waals surface area contributed by atoms with Crippen LogP contribution in [-0.4, -0.2) is 114 Å². The van der Waals surface area contributed by atoms with E-state index in [4.69, 9.17) is 21.2 Å². The lowest BCUT2D eigenvalue weighted by atomic mass is 9.46. The van der Waals surface area contributed by atoms with Crippen LogP contribution in [0.25, 0.3) is 5.57 Å². The fourth-order valence-corrected chi connectivity index (χ4v) is 25.4. The van der Waals surface area contributed by atoms with E-state index in [-0.39, 0.29) is 81.6 Å². The van der Waals surface area contributed by atoms with Crippen LogP contribution >= 0.6 is 21.6 Å². The summed E-state index contributed by atoms with van der Waals surface area (Å²) >= 11 is 0. The minimum absolute atomic E-state index is 0.0489. The van der Waals surface area contributed by atoms with Gasteiger partial charge in [0.05, 0.1) is 38.4 Å². The molecule has 6 aliphatic carbocycles. The standard InChI is InChI=1S/C78H98N8O6S2/c1-92-69-36-62-52(32-68(69)91)30-54-42-84-72(79)37-64(54)63(28-48-11-5-10-47(26-48)16-15-46-8-3-2-4-9-46)51-20-25-83-75(80)85-57-33-56-19-22-77-70-18-17-49(27-58(88)35-59(89)31-55(62)43-87)38-76(70,39-65-60-21-24-81-41-53(60)29-50-12-7-23-82-73(50)65)40-71(77)86-74-61(13-6-14-67(74)90)66(34-57)78(56,77)45-94-93-44-51/h2-5,7-12,26,31-32,36-37,42,49-51,53,56-57,60,63,65,67,70-74,81-82,84,86-87,90-91H,6,13-19,21-24,27-30,33-35,38-41,43-45,79H2,1H3,(H3,80,83,85)/b55-31+/t49-,50-,51+,53-,56+,57+,60+,63-,65-,67-,70-,71-,72?,73+,74+,76-,77+,78+/m0/s1. The van der Waals surface area contributed by atoms with Gasteiger partial charge in [-0.25, -0.2) is 0 Å². The van der Waals surface area contributed by atoms with E-state index in [0.29, 0.717) is 89.2 Å². The minimum atomic E-state index is -0.515. The topological polar surface area (TPSA) is 229 Å². The van der Waals surface area contributed by atoms with E-state index in [9.17, 15) is 24.9 Å². The Morgan fingerprint density at radius 3 is 2.67 bits per heavy atom. The second-order valence-corrected chi connectivity index (χ2v) is 33.1. The fourth-order valence-electron chi connectivity index (χ4n) is 22.4. The Labute approximate surface area is 564 Å². The number of aliphatic imine (C=N–C) groups is 1. The summed E-state index contributed by atoms with van der Waals surface area (Å²) in [5.41, 5.74) is 24.1. The van der Waals surface area contributed by atoms with E-state index < -0.39 is 18.9 Å². The predicted octanol–water partition coefficient (Wildman–Crippen LogP) is 9.78. The molecule has 0 radical (unpaired) electrons. The molecule has 498 valence electrons. The molecule has 0 aromatic heterocycles. The number of nitrogens with two attached hydrogens (primary N) is 2. The van der Waals surface area contributed by atoms with Crippen molar-refractivity contribution in [3.05, 3.63) is 147 Å². The summed E-state index contributed by atoms with van der Waals surface area (Å²) in [6, 6.07) is 26.8. The van der Waals surface area contributed by atoms with Crippen molar-refractivity contribution >= 4 is 44.7 Å². The van der Waals surface area contributed by atoms with Crippen LogP contribution in [0.5, 0.6) is 11.5 Å². The van der Waals surface area contributed by atoms with Crippen molar-refractivity contribution in [3.63, 3.8) is 0 Å². The van der Waals surface area contributed by atoms with E-state index in [2.05, 4.69) is 122 Å². The van der Waals surface area contributed by atoms with Crippen molar-refractivity contribution in [3.8, 4) is 23.5 Å². The number of aliphatic hydroxyl groups excluding tert-OH is 2. The third kappa shape index (κ3) is 12.0. The van der Waals surface area contributed by atoms with Gasteiger partial charge in [-0.1, -0.05) is 105 Å². The van der Waals surface area contributed by atoms with Crippen molar-refractivity contribution in [1.82, 2.24) is 26.6 Å². The number of nitrogens with one attached hydrogen (secondary N) is 5. The lowest BCUT2D eigenvalue weighted by molar-refractivity contribution is -0.126. The first-order valence-corrected chi connectivity index (χ1v) is 38.2. The van der Waals surface area contributed by atoms with Crippen LogP contribution in [0, 0.1) is 81.5 Å². The number of phenols is 1. The molecule has 7 bridgehead atoms. The van der Waals surface area contributed by atoms with E-state index in [1.165, 1.54) is 48.3 Å². The third-order valence-corrected chi connectivity index (χ3v) is 28.3. The quantitative estimate of drug-likeness (QED) is 0.0416. The Bertz CT molecular complexity index is 3650. The van der Waals surface area contributed by atoms with Gasteiger partial charge < -0.3 is 58.1 Å². The van der Waals surface area contributed by atoms with Gasteiger partial charge in [0.15, 0.2) is 17.3 Å². The molecule has 2 spiro atoms. The predicted molar refractivity (Wildman–Crippen MR) is 376 cm³/mol. The van der Waals surface area contributed by atoms with Crippen LogP contribution in [0.3, 0.4) is 0 Å². The molecule has 7 fully saturated rings. The number of ketones is 2. The summed E-state index contributed by atoms with van der Waals surface area (Å²) < 4.78 is 5.73. The number of aliphatic hydroxyl groups is 2. The van der Waals surface area contributed by atoms with E-state index in [0.717, 1.165) is 126 Å². The SMILES string of the molecule is COc1cc2c(cc1O)CC1=CNC(N)C=C1[C@@H](Cc1cccc(CCc3ccccc3)c1)[C@@H]1C#CN=C(N)N[C@H]3CC4=C5CCC[C@H](O)[C@@H]5N[C@H]5C[C@@]6(C[C@H]7[C@@H]8CCNC[C@@H]8C[C@@H]8C=CCN[C@@H]78)C[C@@H](CC[C@@H]6[C@]56CC[C@H](C3)[C@]46CSSC1)CC(=O)CC(=O)/C=C/2CO. The average molecular weight is 1310 g/mol. The number of aryl methyl sites for hydroxylation is 2. The Balaban J connectivity index is 0.891. The van der Waals surface area contributed by atoms with Crippen molar-refractivity contribution in [1.29, 1.82) is 0 Å². The monoisotopic (exact) mass is 1310 g/mol. The Morgan fingerprint density at radius 1 is 0.936 bits per heavy atom. The molecule has 3 aromatic rings. The van der Waals surface area contributed by atoms with Gasteiger partial charge in [0.1, 0.15) is 5.78 Å². The molecule has 12 N–H and O–H groups in total. The second-order valence-electron chi connectivity index (χ2n) is 30.6. The molecule has 1 saturated heterocycles. The number of rotatable bonds is 9. The number of carbonyl (C=O) groups is 2. The van der Waals surface area contributed by atoms with Crippen molar-refractivity contribution < 1.29 is 29.6 Å². The molecule has 94 heavy (non-hydrogen) atoms. The molecule has 8 aliphatic heterocycles. The summed E-state index contributed by atoms with van der Waals surface area (Å²) in [6.45, 7) is 2.53. The lowest BCUT2D eigenvalue weighted by Crippen LogP contribution is -2.60. The molecule has 8 heterocycles. The molecule has 17 rings (SSSR count). The number of methoxy groups -OCH3 is 1. The van der Waals surface area contributed by atoms with Crippen LogP contribution in [0.1, 0.15) is 131 Å². The number of nitrogens with zero attached hydrogens (tertiary/aromatic N) is 1. The number of Topliss-reactive ketones (excluding diaryl/α,β-unsaturated/α-hetero) is 1. The van der Waals surface area contributed by atoms with E-state index in [1.54, 1.807) is 17.7 Å². The van der Waals surface area contributed by atoms with Crippen molar-refractivity contribution in [2.24, 2.45) is 86.0 Å². The largest absolute Gasteiger partial charge is 0.504 e. The molecule has 3 aromatic carbocycles. The summed E-state index contributed by atoms with van der Waals surface area (Å²) in [7, 11) is 5.54. The van der Waals surface area contributed by atoms with Crippen molar-refractivity contribution in [2.75, 3.05) is 44.9 Å². The zero-order chi connectivity index (χ0) is 64.3. The molecule has 16 heteroatoms. The third-order valence-electron chi connectivity index (χ3n) is 25.8. The van der Waals surface area contributed by atoms with Gasteiger partial charge in [0.25, 0.3) is 0 Å². The molecule has 18 atom stereocenters. The first-order valence-electron chi connectivity index (χ1n) is 35.7. The number of allylic oxidation sites excluding steroid dienone is 3. The summed E-state index contributed by atoms with van der Waals surface area (Å²) in [5.74, 6) is 8.08. The smallest absolute Gasteiger partial charge is 0.202 e. The number of aromatic hydroxyl groups is 1. The molecule has 14 aliphatic rings. The second kappa shape index (κ2) is 27.0. The molecular weight excluding hydrogens is 1210 g/mol. The lowest BCUT2D eigenvalue weighted by Gasteiger charge is -2.60. The molecule has 14 nitrogen and oxygen atoms in total. The van der Waals surface area contributed by atoms with Gasteiger partial charge in [0.2, 0.25) is 5.96 Å². The summed E-state index contributed by atoms with van der Waals surface area (Å²) in [5, 5.41) is 55.4. The highest BCUT2D eigenvalue weighted by Gasteiger charge is 2.76. The molecular formula is C78H98N8O6S2. The highest BCUT2D eigenvalue weighted by atomic mass is 33.1. The van der Waals surface area contributed by atoms with Crippen LogP contribution < -0.4 is 42.8 Å². The number of benzene rings is 3. The number of piperidine rings is 1. The maximum Gasteiger partial charge on any atom is 0.202 e. The molecule has 0 amide bonds. The fraction of sp³-hybridized carbons (Fsp3) is 0.577. The highest BCUT2D eigenvalue weighted by molar-refractivity contribution is 8.76. The maximum atomic E-state index is 15.0. The summed E-state index contributed by atoms with van der Waals surface area (Å²) in [6.07, 6.45) is 26.6. The zero-order valence-corrected chi connectivity index (χ0v) is 56.4. The maximum absolute atomic E-state index is 15.0. The van der Waals surface area contributed by atoms with Gasteiger partial charge in [-0.05, 0) is 250 Å². The van der Waals surface area contributed by atoms with Crippen LogP contribution in [-0.2, 0) is 35.3 Å². The van der Waals surface area contributed by atoms with Crippen LogP contribution in [0.15, 0.2) is 125 Å². The number of phenolic OH excluding ortho intramolecular Hbond substituents is 1. The number of hydrogen-bond donors (Lipinski definition) is 10. The van der Waals surface area contributed by atoms with Gasteiger partial charge in [-0.2, -0.15) is 4.99 Å². The molecule has 6 saturated carbocycles. The number of ether oxygens (including phenoxy) is 1. The Hall–Kier alpha value is -5.61. The first kappa shape index (κ1) is 64.4. The normalized spacial score (nSPS) is 38.4. The van der Waals surface area contributed by atoms with Crippen LogP contribution in [0.4, 0.5) is 0 Å². The minimum Gasteiger partial charge on any atom is -0.504 e. The Morgan fingerprint density at radius 2 is 1.80 bits per heavy atom. The summed E-state index contributed by atoms with van der Waals surface area (Å²) in [4.78, 5) is 34.6. The van der Waals surface area contributed by atoms with E-state index in [1.807, 2.05) is 17.0 Å². The number of hydrogen-bond acceptors (Lipinski definition) is 16. The van der Waals surface area contributed by atoms with Gasteiger partial charge >= 0.3 is 0 Å². The number of guanidine groups is 1. The number of fused-ring (bicyclic) bond motifs is 10. The zero-order valence-electron chi connectivity index (χ0n) is 54.8. The molecule has 1 unspecified atom stereocenters. The number of dihydropyridines is 1. The van der Waals surface area contributed by atoms with Gasteiger partial charge in [0, 0.05) is 72.1 Å². The van der Waals surface area contributed by atoms with Crippen molar-refractivity contribution in [2.45, 2.75) is 165 Å².